The van der Waals surface area contributed by atoms with Crippen molar-refractivity contribution in [2.75, 3.05) is 25.5 Å². The van der Waals surface area contributed by atoms with Crippen molar-refractivity contribution in [3.05, 3.63) is 59.9 Å². The van der Waals surface area contributed by atoms with Crippen LogP contribution in [0, 0.1) is 0 Å². The van der Waals surface area contributed by atoms with Crippen molar-refractivity contribution in [2.24, 2.45) is 0 Å². The molecule has 1 N–H and O–H groups in total. The molecule has 0 radical (unpaired) electrons. The van der Waals surface area contributed by atoms with E-state index in [-0.39, 0.29) is 11.4 Å². The summed E-state index contributed by atoms with van der Waals surface area (Å²) in [6.45, 7) is 8.00. The first-order valence-electron chi connectivity index (χ1n) is 11.0. The van der Waals surface area contributed by atoms with Crippen LogP contribution in [-0.2, 0) is 11.2 Å². The van der Waals surface area contributed by atoms with Crippen LogP contribution in [0.2, 0.25) is 0 Å². The molecule has 164 valence electrons. The number of para-hydroxylation sites is 1. The largest absolute Gasteiger partial charge is 0.496 e. The van der Waals surface area contributed by atoms with Crippen LogP contribution in [-0.4, -0.2) is 45.9 Å². The maximum Gasteiger partial charge on any atom is 0.227 e. The number of nitrogens with one attached hydrogen (secondary N) is 1. The number of aromatic nitrogens is 2. The molecule has 1 aromatic carbocycles. The Morgan fingerprint density at radius 1 is 1.13 bits per heavy atom. The van der Waals surface area contributed by atoms with Gasteiger partial charge in [0.05, 0.1) is 19.2 Å². The number of benzene rings is 1. The molecule has 1 saturated heterocycles. The minimum Gasteiger partial charge on any atom is -0.496 e. The number of amides is 1. The minimum atomic E-state index is -0.0635. The molecular weight excluding hydrogens is 388 g/mol. The molecule has 0 bridgehead atoms. The molecule has 0 saturated carbocycles. The average molecular weight is 421 g/mol. The van der Waals surface area contributed by atoms with Crippen LogP contribution < -0.4 is 10.1 Å². The summed E-state index contributed by atoms with van der Waals surface area (Å²) in [6, 6.07) is 13.8. The lowest BCUT2D eigenvalue weighted by atomic mass is 9.92. The molecule has 1 amide bonds. The van der Waals surface area contributed by atoms with Crippen LogP contribution in [0.4, 0.5) is 5.82 Å². The molecule has 0 aliphatic carbocycles. The summed E-state index contributed by atoms with van der Waals surface area (Å²) in [5.41, 5.74) is 2.94. The molecule has 1 fully saturated rings. The number of anilines is 1. The second-order valence-electron chi connectivity index (χ2n) is 9.29. The van der Waals surface area contributed by atoms with Gasteiger partial charge in [-0.15, -0.1) is 0 Å². The third kappa shape index (κ3) is 4.68. The number of pyridine rings is 1. The van der Waals surface area contributed by atoms with Crippen molar-refractivity contribution in [3.63, 3.8) is 0 Å². The Morgan fingerprint density at radius 2 is 1.84 bits per heavy atom. The molecule has 3 aromatic rings. The van der Waals surface area contributed by atoms with E-state index in [9.17, 15) is 4.79 Å². The predicted octanol–water partition coefficient (Wildman–Crippen LogP) is 4.50. The lowest BCUT2D eigenvalue weighted by Crippen LogP contribution is -2.39. The highest BCUT2D eigenvalue weighted by Crippen LogP contribution is 2.34. The number of piperidine rings is 1. The zero-order valence-corrected chi connectivity index (χ0v) is 18.9. The first-order chi connectivity index (χ1) is 14.9. The average Bonchev–Trinajstić information content (AvgIpc) is 3.11. The molecule has 6 nitrogen and oxygen atoms in total. The molecule has 6 heteroatoms. The Kier molecular flexibility index (Phi) is 5.90. The Morgan fingerprint density at radius 3 is 2.55 bits per heavy atom. The van der Waals surface area contributed by atoms with Gasteiger partial charge < -0.3 is 15.0 Å². The van der Waals surface area contributed by atoms with Gasteiger partial charge >= 0.3 is 0 Å². The highest BCUT2D eigenvalue weighted by molar-refractivity contribution is 5.79. The minimum absolute atomic E-state index is 0.0635. The van der Waals surface area contributed by atoms with Crippen LogP contribution in [0.3, 0.4) is 0 Å². The van der Waals surface area contributed by atoms with E-state index in [2.05, 4.69) is 36.7 Å². The molecule has 1 aliphatic heterocycles. The maximum atomic E-state index is 12.9. The van der Waals surface area contributed by atoms with Gasteiger partial charge in [-0.25, -0.2) is 4.98 Å². The fraction of sp³-hybridized carbons (Fsp3) is 0.440. The fourth-order valence-corrected chi connectivity index (χ4v) is 4.30. The van der Waals surface area contributed by atoms with Crippen molar-refractivity contribution in [1.29, 1.82) is 0 Å². The topological polar surface area (TPSA) is 58.9 Å². The molecule has 0 unspecified atom stereocenters. The maximum absolute atomic E-state index is 12.9. The Hall–Kier alpha value is -3.02. The van der Waals surface area contributed by atoms with Gasteiger partial charge in [0.25, 0.3) is 0 Å². The van der Waals surface area contributed by atoms with E-state index in [4.69, 9.17) is 9.72 Å². The van der Waals surface area contributed by atoms with Crippen molar-refractivity contribution >= 4 is 17.4 Å². The van der Waals surface area contributed by atoms with E-state index in [1.54, 1.807) is 7.11 Å². The van der Waals surface area contributed by atoms with Crippen molar-refractivity contribution in [1.82, 2.24) is 14.3 Å². The molecule has 0 spiro atoms. The molecular formula is C25H32N4O2. The summed E-state index contributed by atoms with van der Waals surface area (Å²) in [5, 5.41) is 3.66. The van der Waals surface area contributed by atoms with Crippen molar-refractivity contribution < 1.29 is 9.53 Å². The van der Waals surface area contributed by atoms with Crippen LogP contribution in [0.15, 0.2) is 48.7 Å². The summed E-state index contributed by atoms with van der Waals surface area (Å²) in [7, 11) is 1.65. The number of imidazole rings is 1. The summed E-state index contributed by atoms with van der Waals surface area (Å²) in [5.74, 6) is 2.33. The number of ether oxygens (including phenoxy) is 1. The van der Waals surface area contributed by atoms with Crippen LogP contribution >= 0.6 is 0 Å². The van der Waals surface area contributed by atoms with Gasteiger partial charge in [0, 0.05) is 36.3 Å². The van der Waals surface area contributed by atoms with Gasteiger partial charge in [-0.05, 0) is 51.8 Å². The number of hydrogen-bond acceptors (Lipinski definition) is 4. The van der Waals surface area contributed by atoms with Gasteiger partial charge in [0.1, 0.15) is 17.2 Å². The number of fused-ring (bicyclic) bond motifs is 1. The van der Waals surface area contributed by atoms with Crippen molar-refractivity contribution in [2.45, 2.75) is 51.5 Å². The van der Waals surface area contributed by atoms with Crippen LogP contribution in [0.25, 0.3) is 5.65 Å². The highest BCUT2D eigenvalue weighted by Gasteiger charge is 2.29. The fourth-order valence-electron chi connectivity index (χ4n) is 4.30. The predicted molar refractivity (Wildman–Crippen MR) is 124 cm³/mol. The van der Waals surface area contributed by atoms with Crippen LogP contribution in [0.1, 0.15) is 50.8 Å². The molecule has 0 atom stereocenters. The number of nitrogens with zero attached hydrogens (tertiary/aromatic N) is 3. The molecule has 4 rings (SSSR count). The number of hydrogen-bond donors (Lipinski definition) is 1. The van der Waals surface area contributed by atoms with E-state index in [1.807, 2.05) is 47.4 Å². The lowest BCUT2D eigenvalue weighted by Gasteiger charge is -2.32. The Balaban J connectivity index is 1.48. The first-order valence-corrected chi connectivity index (χ1v) is 11.0. The third-order valence-corrected chi connectivity index (χ3v) is 5.82. The number of carbonyl (C=O) groups is 1. The van der Waals surface area contributed by atoms with E-state index >= 15 is 0 Å². The lowest BCUT2D eigenvalue weighted by molar-refractivity contribution is -0.131. The zero-order valence-electron chi connectivity index (χ0n) is 18.9. The normalized spacial score (nSPS) is 15.3. The van der Waals surface area contributed by atoms with Gasteiger partial charge in [0.15, 0.2) is 0 Å². The highest BCUT2D eigenvalue weighted by atomic mass is 16.5. The van der Waals surface area contributed by atoms with E-state index < -0.39 is 0 Å². The van der Waals surface area contributed by atoms with E-state index in [0.29, 0.717) is 12.3 Å². The third-order valence-electron chi connectivity index (χ3n) is 5.82. The number of methoxy groups -OCH3 is 1. The van der Waals surface area contributed by atoms with Gasteiger partial charge in [0.2, 0.25) is 5.91 Å². The molecule has 2 aromatic heterocycles. The smallest absolute Gasteiger partial charge is 0.227 e. The van der Waals surface area contributed by atoms with E-state index in [1.165, 1.54) is 0 Å². The van der Waals surface area contributed by atoms with Crippen LogP contribution in [0.5, 0.6) is 5.75 Å². The molecule has 3 heterocycles. The Bertz CT molecular complexity index is 1060. The zero-order chi connectivity index (χ0) is 22.0. The van der Waals surface area contributed by atoms with E-state index in [0.717, 1.165) is 54.4 Å². The summed E-state index contributed by atoms with van der Waals surface area (Å²) >= 11 is 0. The van der Waals surface area contributed by atoms with Crippen molar-refractivity contribution in [3.8, 4) is 5.75 Å². The van der Waals surface area contributed by atoms with Gasteiger partial charge in [-0.2, -0.15) is 0 Å². The second-order valence-corrected chi connectivity index (χ2v) is 9.29. The number of likely N-dealkylation sites (tertiary alicyclic amines) is 1. The number of rotatable bonds is 5. The summed E-state index contributed by atoms with van der Waals surface area (Å²) in [4.78, 5) is 19.9. The standard InChI is InChI=1S/C25H32N4O2/c1-25(2,3)27-24-23(26-21-11-7-8-14-29(21)24)18-12-15-28(16-13-18)22(30)17-19-9-5-6-10-20(19)31-4/h5-11,14,18,27H,12-13,15-17H2,1-4H3. The monoisotopic (exact) mass is 420 g/mol. The van der Waals surface area contributed by atoms with Gasteiger partial charge in [-0.3, -0.25) is 9.20 Å². The Labute approximate surface area is 184 Å². The number of carbonyl (C=O) groups excluding carboxylic acids is 1. The second kappa shape index (κ2) is 8.61. The summed E-state index contributed by atoms with van der Waals surface area (Å²) < 4.78 is 7.54. The molecule has 31 heavy (non-hydrogen) atoms. The quantitative estimate of drug-likeness (QED) is 0.660. The molecule has 1 aliphatic rings. The summed E-state index contributed by atoms with van der Waals surface area (Å²) in [6.07, 6.45) is 4.27. The SMILES string of the molecule is COc1ccccc1CC(=O)N1CCC(c2nc3ccccn3c2NC(C)(C)C)CC1. The van der Waals surface area contributed by atoms with Gasteiger partial charge in [-0.1, -0.05) is 24.3 Å². The first kappa shape index (κ1) is 21.2.